The largest absolute Gasteiger partial charge is 0.359 e. The highest BCUT2D eigenvalue weighted by atomic mass is 32.2. The topological polar surface area (TPSA) is 92.5 Å². The van der Waals surface area contributed by atoms with Crippen molar-refractivity contribution in [2.75, 3.05) is 11.9 Å². The lowest BCUT2D eigenvalue weighted by Gasteiger charge is -2.37. The van der Waals surface area contributed by atoms with Gasteiger partial charge in [0.15, 0.2) is 10.6 Å². The van der Waals surface area contributed by atoms with E-state index in [-0.39, 0.29) is 17.3 Å². The molecule has 0 spiro atoms. The average molecular weight is 372 g/mol. The maximum absolute atomic E-state index is 13.0. The minimum absolute atomic E-state index is 0.0923. The number of hydrogen-bond acceptors (Lipinski definition) is 5. The van der Waals surface area contributed by atoms with Crippen LogP contribution in [0.25, 0.3) is 0 Å². The summed E-state index contributed by atoms with van der Waals surface area (Å²) in [5.41, 5.74) is -0.249. The number of carbonyl (C=O) groups excluding carboxylic acids is 1. The van der Waals surface area contributed by atoms with Gasteiger partial charge in [0.05, 0.1) is 0 Å². The van der Waals surface area contributed by atoms with Crippen molar-refractivity contribution in [2.45, 2.75) is 77.0 Å². The van der Waals surface area contributed by atoms with Gasteiger partial charge in [0.25, 0.3) is 0 Å². The van der Waals surface area contributed by atoms with Gasteiger partial charge in [-0.05, 0) is 33.6 Å². The highest BCUT2D eigenvalue weighted by Gasteiger charge is 2.47. The Labute approximate surface area is 150 Å². The van der Waals surface area contributed by atoms with Crippen LogP contribution in [0.4, 0.5) is 5.82 Å². The number of nitrogens with one attached hydrogen (secondary N) is 1. The predicted octanol–water partition coefficient (Wildman–Crippen LogP) is 2.89. The third-order valence-corrected chi connectivity index (χ3v) is 7.37. The van der Waals surface area contributed by atoms with Crippen LogP contribution in [0.2, 0.25) is 0 Å². The fourth-order valence-corrected chi connectivity index (χ4v) is 4.61. The minimum Gasteiger partial charge on any atom is -0.359 e. The molecule has 0 radical (unpaired) electrons. The summed E-state index contributed by atoms with van der Waals surface area (Å²) in [7, 11) is -3.79. The normalized spacial score (nSPS) is 20.5. The zero-order valence-corrected chi connectivity index (χ0v) is 16.7. The molecule has 1 fully saturated rings. The van der Waals surface area contributed by atoms with Gasteiger partial charge in [0, 0.05) is 24.1 Å². The van der Waals surface area contributed by atoms with Crippen LogP contribution in [0.3, 0.4) is 0 Å². The van der Waals surface area contributed by atoms with E-state index < -0.39 is 20.7 Å². The van der Waals surface area contributed by atoms with Crippen molar-refractivity contribution in [1.82, 2.24) is 9.46 Å². The molecule has 142 valence electrons. The van der Waals surface area contributed by atoms with E-state index in [1.165, 1.54) is 18.2 Å². The van der Waals surface area contributed by atoms with E-state index >= 15 is 0 Å². The van der Waals surface area contributed by atoms with Crippen molar-refractivity contribution in [1.29, 1.82) is 0 Å². The van der Waals surface area contributed by atoms with Crippen molar-refractivity contribution in [3.8, 4) is 0 Å². The summed E-state index contributed by atoms with van der Waals surface area (Å²) in [5.74, 6) is 0.233. The van der Waals surface area contributed by atoms with Gasteiger partial charge in [-0.1, -0.05) is 32.3 Å². The molecule has 1 saturated heterocycles. The second kappa shape index (κ2) is 6.72. The second-order valence-corrected chi connectivity index (χ2v) is 10.7. The molecule has 1 aliphatic heterocycles. The van der Waals surface area contributed by atoms with E-state index in [4.69, 9.17) is 4.52 Å². The van der Waals surface area contributed by atoms with E-state index in [9.17, 15) is 13.2 Å². The molecule has 0 saturated carbocycles. The second-order valence-electron chi connectivity index (χ2n) is 8.25. The van der Waals surface area contributed by atoms with Crippen LogP contribution in [-0.4, -0.2) is 41.1 Å². The van der Waals surface area contributed by atoms with E-state index in [2.05, 4.69) is 10.5 Å². The third-order valence-electron chi connectivity index (χ3n) is 4.73. The number of carbonyl (C=O) groups is 1. The first-order valence-electron chi connectivity index (χ1n) is 8.67. The Kier molecular flexibility index (Phi) is 5.35. The lowest BCUT2D eigenvalue weighted by atomic mass is 9.93. The van der Waals surface area contributed by atoms with Gasteiger partial charge in [0.1, 0.15) is 5.76 Å². The SMILES string of the molecule is CC1CCCCN1S(=O)(=O)C(C)(C)C(=O)Nc1cc(C(C)(C)C)on1. The van der Waals surface area contributed by atoms with Crippen molar-refractivity contribution >= 4 is 21.7 Å². The van der Waals surface area contributed by atoms with Crippen molar-refractivity contribution in [3.63, 3.8) is 0 Å². The summed E-state index contributed by atoms with van der Waals surface area (Å²) in [6, 6.07) is 1.54. The summed E-state index contributed by atoms with van der Waals surface area (Å²) < 4.78 is 31.2. The molecule has 2 rings (SSSR count). The lowest BCUT2D eigenvalue weighted by molar-refractivity contribution is -0.118. The molecule has 0 aromatic carbocycles. The summed E-state index contributed by atoms with van der Waals surface area (Å²) >= 11 is 0. The maximum Gasteiger partial charge on any atom is 0.247 e. The Balaban J connectivity index is 2.20. The van der Waals surface area contributed by atoms with Gasteiger partial charge in [-0.15, -0.1) is 0 Å². The zero-order valence-electron chi connectivity index (χ0n) is 15.9. The Morgan fingerprint density at radius 1 is 1.28 bits per heavy atom. The molecule has 1 unspecified atom stereocenters. The smallest absolute Gasteiger partial charge is 0.247 e. The summed E-state index contributed by atoms with van der Waals surface area (Å²) in [5, 5.41) is 6.42. The molecule has 0 aliphatic carbocycles. The monoisotopic (exact) mass is 371 g/mol. The lowest BCUT2D eigenvalue weighted by Crippen LogP contribution is -2.55. The quantitative estimate of drug-likeness (QED) is 0.878. The first-order chi connectivity index (χ1) is 11.4. The molecule has 2 heterocycles. The van der Waals surface area contributed by atoms with E-state index in [1.54, 1.807) is 6.07 Å². The molecule has 0 bridgehead atoms. The van der Waals surface area contributed by atoms with Crippen molar-refractivity contribution in [3.05, 3.63) is 11.8 Å². The van der Waals surface area contributed by atoms with Gasteiger partial charge < -0.3 is 9.84 Å². The number of aromatic nitrogens is 1. The molecule has 8 heteroatoms. The Morgan fingerprint density at radius 3 is 2.44 bits per heavy atom. The first kappa shape index (κ1) is 19.9. The molecule has 1 aliphatic rings. The van der Waals surface area contributed by atoms with Crippen LogP contribution in [0, 0.1) is 0 Å². The van der Waals surface area contributed by atoms with Gasteiger partial charge in [-0.25, -0.2) is 8.42 Å². The summed E-state index contributed by atoms with van der Waals surface area (Å²) in [4.78, 5) is 12.7. The number of piperidine rings is 1. The van der Waals surface area contributed by atoms with Crippen LogP contribution in [0.15, 0.2) is 10.6 Å². The average Bonchev–Trinajstić information content (AvgIpc) is 2.96. The molecule has 1 amide bonds. The number of hydrogen-bond donors (Lipinski definition) is 1. The molecule has 1 aromatic heterocycles. The molecule has 7 nitrogen and oxygen atoms in total. The molecule has 1 aromatic rings. The number of amides is 1. The van der Waals surface area contributed by atoms with E-state index in [0.29, 0.717) is 12.3 Å². The summed E-state index contributed by atoms with van der Waals surface area (Å²) in [6.07, 6.45) is 2.64. The fourth-order valence-electron chi connectivity index (χ4n) is 2.79. The summed E-state index contributed by atoms with van der Waals surface area (Å²) in [6.45, 7) is 11.1. The Bertz CT molecular complexity index is 731. The number of anilines is 1. The van der Waals surface area contributed by atoms with Crippen molar-refractivity contribution in [2.24, 2.45) is 0 Å². The predicted molar refractivity (Wildman–Crippen MR) is 96.9 cm³/mol. The van der Waals surface area contributed by atoms with E-state index in [0.717, 1.165) is 19.3 Å². The number of rotatable bonds is 4. The first-order valence-corrected chi connectivity index (χ1v) is 10.1. The number of nitrogens with zero attached hydrogens (tertiary/aromatic N) is 2. The van der Waals surface area contributed by atoms with Gasteiger partial charge in [-0.2, -0.15) is 4.31 Å². The molecule has 1 atom stereocenters. The molecular weight excluding hydrogens is 342 g/mol. The van der Waals surface area contributed by atoms with Crippen LogP contribution in [0.5, 0.6) is 0 Å². The number of sulfonamides is 1. The van der Waals surface area contributed by atoms with Gasteiger partial charge >= 0.3 is 0 Å². The Hall–Kier alpha value is -1.41. The zero-order chi connectivity index (χ0) is 19.0. The van der Waals surface area contributed by atoms with Crippen LogP contribution >= 0.6 is 0 Å². The molecule has 1 N–H and O–H groups in total. The Morgan fingerprint density at radius 2 is 1.92 bits per heavy atom. The highest BCUT2D eigenvalue weighted by molar-refractivity contribution is 7.91. The molecule has 25 heavy (non-hydrogen) atoms. The minimum atomic E-state index is -3.79. The van der Waals surface area contributed by atoms with Crippen LogP contribution < -0.4 is 5.32 Å². The van der Waals surface area contributed by atoms with Crippen LogP contribution in [-0.2, 0) is 20.2 Å². The fraction of sp³-hybridized carbons (Fsp3) is 0.765. The standard InChI is InChI=1S/C17H29N3O4S/c1-12-9-7-8-10-20(12)25(22,23)17(5,6)15(21)18-14-11-13(24-19-14)16(2,3)4/h11-12H,7-10H2,1-6H3,(H,18,19,21). The third kappa shape index (κ3) is 3.89. The van der Waals surface area contributed by atoms with Gasteiger partial charge in [0.2, 0.25) is 15.9 Å². The highest BCUT2D eigenvalue weighted by Crippen LogP contribution is 2.30. The molecular formula is C17H29N3O4S. The maximum atomic E-state index is 13.0. The van der Waals surface area contributed by atoms with Gasteiger partial charge in [-0.3, -0.25) is 4.79 Å². The van der Waals surface area contributed by atoms with Crippen molar-refractivity contribution < 1.29 is 17.7 Å². The van der Waals surface area contributed by atoms with Crippen LogP contribution in [0.1, 0.15) is 66.6 Å². The van der Waals surface area contributed by atoms with E-state index in [1.807, 2.05) is 27.7 Å².